The van der Waals surface area contributed by atoms with Crippen LogP contribution in [0.4, 0.5) is 0 Å². The van der Waals surface area contributed by atoms with E-state index in [9.17, 15) is 0 Å². The maximum atomic E-state index is 5.27. The first-order valence-corrected chi connectivity index (χ1v) is 3.73. The van der Waals surface area contributed by atoms with Crippen molar-refractivity contribution in [3.8, 4) is 0 Å². The minimum atomic E-state index is 0. The molecule has 0 aromatic rings. The highest BCUT2D eigenvalue weighted by atomic mass is 16.0. The average molecular weight is 218 g/mol. The maximum Gasteiger partial charge on any atom is 0.00772 e. The molecule has 0 aromatic carbocycles. The van der Waals surface area contributed by atoms with E-state index < -0.39 is 0 Å². The van der Waals surface area contributed by atoms with Crippen LogP contribution in [0.15, 0.2) is 0 Å². The van der Waals surface area contributed by atoms with Crippen molar-refractivity contribution in [1.29, 1.82) is 0 Å². The lowest BCUT2D eigenvalue weighted by Crippen LogP contribution is -2.32. The molecule has 0 bridgehead atoms. The van der Waals surface area contributed by atoms with E-state index in [1.165, 1.54) is 0 Å². The summed E-state index contributed by atoms with van der Waals surface area (Å²) in [7, 11) is 0. The van der Waals surface area contributed by atoms with Crippen molar-refractivity contribution in [1.82, 2.24) is 10.6 Å². The quantitative estimate of drug-likeness (QED) is 0.309. The molecule has 8 nitrogen and oxygen atoms in total. The molecule has 0 radical (unpaired) electrons. The molecule has 0 unspecified atom stereocenters. The van der Waals surface area contributed by atoms with Gasteiger partial charge in [-0.1, -0.05) is 0 Å². The number of nitrogens with one attached hydrogen (secondary N) is 2. The summed E-state index contributed by atoms with van der Waals surface area (Å²) in [6.07, 6.45) is 0. The molecule has 0 aliphatic rings. The molecule has 0 fully saturated rings. The predicted molar refractivity (Wildman–Crippen MR) is 58.3 cm³/mol. The Labute approximate surface area is 84.3 Å². The lowest BCUT2D eigenvalue weighted by atomic mass is 10.5. The second-order valence-electron chi connectivity index (χ2n) is 2.08. The van der Waals surface area contributed by atoms with E-state index in [0.29, 0.717) is 13.1 Å². The molecule has 14 N–H and O–H groups in total. The standard InChI is InChI=1S/C6H18N4.4H2O/c7-1-3-9-5-6-10-4-2-8;;;;/h9-10H,1-8H2;4*1H2. The Morgan fingerprint density at radius 3 is 1.07 bits per heavy atom. The van der Waals surface area contributed by atoms with Gasteiger partial charge in [-0.25, -0.2) is 0 Å². The molecule has 94 valence electrons. The van der Waals surface area contributed by atoms with Crippen LogP contribution in [-0.2, 0) is 0 Å². The van der Waals surface area contributed by atoms with E-state index >= 15 is 0 Å². The van der Waals surface area contributed by atoms with Crippen LogP contribution in [-0.4, -0.2) is 61.2 Å². The number of hydrogen-bond donors (Lipinski definition) is 4. The zero-order valence-electron chi connectivity index (χ0n) is 8.40. The van der Waals surface area contributed by atoms with Gasteiger partial charge in [0.2, 0.25) is 0 Å². The lowest BCUT2D eigenvalue weighted by Gasteiger charge is -2.03. The van der Waals surface area contributed by atoms with Gasteiger partial charge in [-0.3, -0.25) is 0 Å². The second-order valence-corrected chi connectivity index (χ2v) is 2.08. The van der Waals surface area contributed by atoms with Crippen LogP contribution in [0, 0.1) is 0 Å². The molecule has 0 saturated carbocycles. The summed E-state index contributed by atoms with van der Waals surface area (Å²) in [6, 6.07) is 0. The molecule has 8 heteroatoms. The monoisotopic (exact) mass is 218 g/mol. The molecule has 14 heavy (non-hydrogen) atoms. The lowest BCUT2D eigenvalue weighted by molar-refractivity contribution is 0.618. The van der Waals surface area contributed by atoms with Crippen molar-refractivity contribution in [3.05, 3.63) is 0 Å². The molecule has 0 spiro atoms. The van der Waals surface area contributed by atoms with Crippen molar-refractivity contribution in [2.24, 2.45) is 11.5 Å². The van der Waals surface area contributed by atoms with Gasteiger partial charge < -0.3 is 44.0 Å². The SMILES string of the molecule is NCCNCCNCCN.O.O.O.O. The topological polar surface area (TPSA) is 202 Å². The Kier molecular flexibility index (Phi) is 61.2. The molecule has 0 heterocycles. The van der Waals surface area contributed by atoms with Crippen LogP contribution in [0.2, 0.25) is 0 Å². The highest BCUT2D eigenvalue weighted by Gasteiger charge is 1.83. The first-order valence-electron chi connectivity index (χ1n) is 3.73. The Balaban J connectivity index is -0.0000000675. The summed E-state index contributed by atoms with van der Waals surface area (Å²) in [6.45, 7) is 5.14. The Morgan fingerprint density at radius 2 is 0.857 bits per heavy atom. The third kappa shape index (κ3) is 29.9. The molecule has 0 saturated heterocycles. The molecule has 0 amide bonds. The van der Waals surface area contributed by atoms with Crippen molar-refractivity contribution in [2.75, 3.05) is 39.3 Å². The Morgan fingerprint density at radius 1 is 0.571 bits per heavy atom. The van der Waals surface area contributed by atoms with Gasteiger partial charge in [0.1, 0.15) is 0 Å². The zero-order chi connectivity index (χ0) is 7.66. The average Bonchev–Trinajstić information content (AvgIpc) is 1.97. The van der Waals surface area contributed by atoms with E-state index in [1.54, 1.807) is 0 Å². The van der Waals surface area contributed by atoms with Crippen LogP contribution >= 0.6 is 0 Å². The van der Waals surface area contributed by atoms with Crippen molar-refractivity contribution < 1.29 is 21.9 Å². The smallest absolute Gasteiger partial charge is 0.00772 e. The van der Waals surface area contributed by atoms with E-state index in [4.69, 9.17) is 11.5 Å². The second kappa shape index (κ2) is 29.3. The van der Waals surface area contributed by atoms with E-state index in [2.05, 4.69) is 10.6 Å². The number of rotatable bonds is 7. The van der Waals surface area contributed by atoms with Gasteiger partial charge in [0, 0.05) is 39.3 Å². The molecular formula is C6H26N4O4. The third-order valence-electron chi connectivity index (χ3n) is 1.12. The first-order chi connectivity index (χ1) is 4.91. The van der Waals surface area contributed by atoms with Gasteiger partial charge in [0.25, 0.3) is 0 Å². The maximum absolute atomic E-state index is 5.27. The summed E-state index contributed by atoms with van der Waals surface area (Å²) in [4.78, 5) is 0. The third-order valence-corrected chi connectivity index (χ3v) is 1.12. The van der Waals surface area contributed by atoms with Gasteiger partial charge in [0.15, 0.2) is 0 Å². The van der Waals surface area contributed by atoms with Gasteiger partial charge in [0.05, 0.1) is 0 Å². The minimum Gasteiger partial charge on any atom is -0.412 e. The van der Waals surface area contributed by atoms with Crippen molar-refractivity contribution in [2.45, 2.75) is 0 Å². The van der Waals surface area contributed by atoms with Crippen molar-refractivity contribution >= 4 is 0 Å². The molecule has 0 atom stereocenters. The summed E-state index contributed by atoms with van der Waals surface area (Å²) in [5.41, 5.74) is 10.5. The number of hydrogen-bond acceptors (Lipinski definition) is 4. The fourth-order valence-corrected chi connectivity index (χ4v) is 0.631. The summed E-state index contributed by atoms with van der Waals surface area (Å²) in [5, 5.41) is 6.33. The highest BCUT2D eigenvalue weighted by Crippen LogP contribution is 1.57. The molecule has 0 rings (SSSR count). The normalized spacial score (nSPS) is 7.29. The van der Waals surface area contributed by atoms with Crippen LogP contribution in [0.3, 0.4) is 0 Å². The van der Waals surface area contributed by atoms with Crippen LogP contribution < -0.4 is 22.1 Å². The van der Waals surface area contributed by atoms with Gasteiger partial charge >= 0.3 is 0 Å². The summed E-state index contributed by atoms with van der Waals surface area (Å²) >= 11 is 0. The first kappa shape index (κ1) is 29.2. The minimum absolute atomic E-state index is 0. The van der Waals surface area contributed by atoms with E-state index in [-0.39, 0.29) is 21.9 Å². The van der Waals surface area contributed by atoms with Crippen molar-refractivity contribution in [3.63, 3.8) is 0 Å². The van der Waals surface area contributed by atoms with Gasteiger partial charge in [-0.05, 0) is 0 Å². The van der Waals surface area contributed by atoms with Crippen LogP contribution in [0.5, 0.6) is 0 Å². The van der Waals surface area contributed by atoms with Crippen LogP contribution in [0.25, 0.3) is 0 Å². The number of nitrogens with two attached hydrogens (primary N) is 2. The van der Waals surface area contributed by atoms with Crippen LogP contribution in [0.1, 0.15) is 0 Å². The molecule has 0 aromatic heterocycles. The zero-order valence-corrected chi connectivity index (χ0v) is 8.40. The predicted octanol–water partition coefficient (Wildman–Crippen LogP) is -5.22. The highest BCUT2D eigenvalue weighted by molar-refractivity contribution is 4.51. The fourth-order valence-electron chi connectivity index (χ4n) is 0.631. The summed E-state index contributed by atoms with van der Waals surface area (Å²) < 4.78 is 0. The largest absolute Gasteiger partial charge is 0.412 e. The summed E-state index contributed by atoms with van der Waals surface area (Å²) in [5.74, 6) is 0. The van der Waals surface area contributed by atoms with Gasteiger partial charge in [-0.2, -0.15) is 0 Å². The Bertz CT molecular complexity index is 61.8. The molecule has 0 aliphatic carbocycles. The van der Waals surface area contributed by atoms with Gasteiger partial charge in [-0.15, -0.1) is 0 Å². The Hall–Kier alpha value is -0.320. The molecular weight excluding hydrogens is 192 g/mol. The molecule has 0 aliphatic heterocycles. The fraction of sp³-hybridized carbons (Fsp3) is 1.00. The van der Waals surface area contributed by atoms with E-state index in [1.807, 2.05) is 0 Å². The van der Waals surface area contributed by atoms with E-state index in [0.717, 1.165) is 26.2 Å².